The Morgan fingerprint density at radius 1 is 1.27 bits per heavy atom. The first kappa shape index (κ1) is 16.4. The summed E-state index contributed by atoms with van der Waals surface area (Å²) in [5.41, 5.74) is 1.34. The largest absolute Gasteiger partial charge is 0.504 e. The van der Waals surface area contributed by atoms with Crippen molar-refractivity contribution in [3.05, 3.63) is 58.1 Å². The van der Waals surface area contributed by atoms with Gasteiger partial charge in [0.25, 0.3) is 5.91 Å². The molecule has 0 heterocycles. The SMILES string of the molecule is COc1cccc(C(=O)NC(C)Cc2ccc(Br)cc2)c1O. The number of aromatic hydroxyl groups is 1. The summed E-state index contributed by atoms with van der Waals surface area (Å²) in [6.07, 6.45) is 0.712. The molecule has 2 rings (SSSR count). The van der Waals surface area contributed by atoms with Crippen LogP contribution in [0.5, 0.6) is 11.5 Å². The highest BCUT2D eigenvalue weighted by Crippen LogP contribution is 2.29. The lowest BCUT2D eigenvalue weighted by atomic mass is 10.1. The first-order chi connectivity index (χ1) is 10.5. The number of hydrogen-bond donors (Lipinski definition) is 2. The van der Waals surface area contributed by atoms with Gasteiger partial charge in [-0.25, -0.2) is 0 Å². The van der Waals surface area contributed by atoms with Crippen molar-refractivity contribution in [3.63, 3.8) is 0 Å². The van der Waals surface area contributed by atoms with E-state index < -0.39 is 0 Å². The van der Waals surface area contributed by atoms with Crippen molar-refractivity contribution in [2.45, 2.75) is 19.4 Å². The fraction of sp³-hybridized carbons (Fsp3) is 0.235. The minimum Gasteiger partial charge on any atom is -0.504 e. The number of phenols is 1. The van der Waals surface area contributed by atoms with Gasteiger partial charge in [0.05, 0.1) is 12.7 Å². The van der Waals surface area contributed by atoms with Gasteiger partial charge in [-0.15, -0.1) is 0 Å². The number of carbonyl (C=O) groups excluding carboxylic acids is 1. The number of hydrogen-bond acceptors (Lipinski definition) is 3. The average molecular weight is 364 g/mol. The van der Waals surface area contributed by atoms with E-state index in [0.717, 1.165) is 10.0 Å². The number of amides is 1. The van der Waals surface area contributed by atoms with Crippen molar-refractivity contribution in [1.29, 1.82) is 0 Å². The molecule has 2 aromatic rings. The number of ether oxygens (including phenoxy) is 1. The number of methoxy groups -OCH3 is 1. The zero-order chi connectivity index (χ0) is 16.1. The van der Waals surface area contributed by atoms with Gasteiger partial charge in [0.15, 0.2) is 11.5 Å². The van der Waals surface area contributed by atoms with Crippen molar-refractivity contribution in [3.8, 4) is 11.5 Å². The molecule has 22 heavy (non-hydrogen) atoms. The molecule has 1 amide bonds. The molecule has 0 saturated heterocycles. The van der Waals surface area contributed by atoms with E-state index in [1.54, 1.807) is 18.2 Å². The zero-order valence-corrected chi connectivity index (χ0v) is 14.1. The van der Waals surface area contributed by atoms with Crippen LogP contribution >= 0.6 is 15.9 Å². The van der Waals surface area contributed by atoms with E-state index in [-0.39, 0.29) is 29.0 Å². The molecule has 0 aliphatic heterocycles. The van der Waals surface area contributed by atoms with E-state index in [4.69, 9.17) is 4.74 Å². The molecule has 116 valence electrons. The van der Waals surface area contributed by atoms with Crippen LogP contribution in [0.15, 0.2) is 46.9 Å². The lowest BCUT2D eigenvalue weighted by Crippen LogP contribution is -2.34. The van der Waals surface area contributed by atoms with Crippen LogP contribution in [0.2, 0.25) is 0 Å². The second-order valence-electron chi connectivity index (χ2n) is 5.06. The number of benzene rings is 2. The maximum absolute atomic E-state index is 12.3. The Morgan fingerprint density at radius 2 is 1.95 bits per heavy atom. The third-order valence-electron chi connectivity index (χ3n) is 3.30. The third-order valence-corrected chi connectivity index (χ3v) is 3.82. The Labute approximate surface area is 138 Å². The molecule has 2 aromatic carbocycles. The van der Waals surface area contributed by atoms with Gasteiger partial charge in [-0.2, -0.15) is 0 Å². The number of phenolic OH excluding ortho intramolecular Hbond substituents is 1. The van der Waals surface area contributed by atoms with Gasteiger partial charge in [0.1, 0.15) is 0 Å². The molecule has 0 saturated carbocycles. The van der Waals surface area contributed by atoms with E-state index >= 15 is 0 Å². The first-order valence-electron chi connectivity index (χ1n) is 6.92. The van der Waals surface area contributed by atoms with Crippen LogP contribution in [0.1, 0.15) is 22.8 Å². The molecule has 0 aliphatic carbocycles. The lowest BCUT2D eigenvalue weighted by Gasteiger charge is -2.15. The van der Waals surface area contributed by atoms with Crippen LogP contribution in [-0.4, -0.2) is 24.2 Å². The van der Waals surface area contributed by atoms with Gasteiger partial charge in [0, 0.05) is 10.5 Å². The van der Waals surface area contributed by atoms with Gasteiger partial charge >= 0.3 is 0 Å². The molecular weight excluding hydrogens is 346 g/mol. The highest BCUT2D eigenvalue weighted by molar-refractivity contribution is 9.10. The molecule has 0 aliphatic rings. The topological polar surface area (TPSA) is 58.6 Å². The Balaban J connectivity index is 2.03. The van der Waals surface area contributed by atoms with Gasteiger partial charge < -0.3 is 15.2 Å². The normalized spacial score (nSPS) is 11.8. The van der Waals surface area contributed by atoms with Crippen molar-refractivity contribution in [1.82, 2.24) is 5.32 Å². The number of rotatable bonds is 5. The maximum atomic E-state index is 12.3. The fourth-order valence-corrected chi connectivity index (χ4v) is 2.46. The Hall–Kier alpha value is -2.01. The second kappa shape index (κ2) is 7.31. The molecule has 0 radical (unpaired) electrons. The smallest absolute Gasteiger partial charge is 0.255 e. The van der Waals surface area contributed by atoms with Crippen molar-refractivity contribution in [2.75, 3.05) is 7.11 Å². The van der Waals surface area contributed by atoms with Crippen molar-refractivity contribution in [2.24, 2.45) is 0 Å². The van der Waals surface area contributed by atoms with Gasteiger partial charge in [-0.1, -0.05) is 34.1 Å². The van der Waals surface area contributed by atoms with E-state index in [9.17, 15) is 9.90 Å². The first-order valence-corrected chi connectivity index (χ1v) is 7.72. The van der Waals surface area contributed by atoms with Gasteiger partial charge in [-0.05, 0) is 43.2 Å². The third kappa shape index (κ3) is 4.01. The number of para-hydroxylation sites is 1. The minimum atomic E-state index is -0.319. The summed E-state index contributed by atoms with van der Waals surface area (Å²) >= 11 is 3.39. The summed E-state index contributed by atoms with van der Waals surface area (Å²) in [5.74, 6) is -0.174. The summed E-state index contributed by atoms with van der Waals surface area (Å²) < 4.78 is 6.04. The van der Waals surface area contributed by atoms with Crippen LogP contribution in [0.3, 0.4) is 0 Å². The summed E-state index contributed by atoms with van der Waals surface area (Å²) in [7, 11) is 1.45. The molecule has 1 atom stereocenters. The standard InChI is InChI=1S/C17H18BrNO3/c1-11(10-12-6-8-13(18)9-7-12)19-17(21)14-4-3-5-15(22-2)16(14)20/h3-9,11,20H,10H2,1-2H3,(H,19,21). The molecule has 2 N–H and O–H groups in total. The second-order valence-corrected chi connectivity index (χ2v) is 5.98. The minimum absolute atomic E-state index is 0.0562. The van der Waals surface area contributed by atoms with Gasteiger partial charge in [-0.3, -0.25) is 4.79 Å². The maximum Gasteiger partial charge on any atom is 0.255 e. The number of nitrogens with one attached hydrogen (secondary N) is 1. The fourth-order valence-electron chi connectivity index (χ4n) is 2.20. The lowest BCUT2D eigenvalue weighted by molar-refractivity contribution is 0.0937. The Bertz CT molecular complexity index is 655. The van der Waals surface area contributed by atoms with Crippen LogP contribution < -0.4 is 10.1 Å². The van der Waals surface area contributed by atoms with E-state index in [2.05, 4.69) is 21.2 Å². The van der Waals surface area contributed by atoms with Gasteiger partial charge in [0.2, 0.25) is 0 Å². The summed E-state index contributed by atoms with van der Waals surface area (Å²) in [5, 5.41) is 12.9. The predicted octanol–water partition coefficient (Wildman–Crippen LogP) is 3.52. The van der Waals surface area contributed by atoms with E-state index in [1.165, 1.54) is 7.11 Å². The molecule has 1 unspecified atom stereocenters. The highest BCUT2D eigenvalue weighted by atomic mass is 79.9. The number of halogens is 1. The van der Waals surface area contributed by atoms with Crippen LogP contribution in [0.25, 0.3) is 0 Å². The van der Waals surface area contributed by atoms with Crippen LogP contribution in [-0.2, 0) is 6.42 Å². The Kier molecular flexibility index (Phi) is 5.44. The molecule has 4 nitrogen and oxygen atoms in total. The summed E-state index contributed by atoms with van der Waals surface area (Å²) in [6, 6.07) is 12.8. The molecular formula is C17H18BrNO3. The molecule has 0 fully saturated rings. The highest BCUT2D eigenvalue weighted by Gasteiger charge is 2.16. The molecule has 0 spiro atoms. The van der Waals surface area contributed by atoms with Crippen LogP contribution in [0.4, 0.5) is 0 Å². The Morgan fingerprint density at radius 3 is 2.59 bits per heavy atom. The average Bonchev–Trinajstić information content (AvgIpc) is 2.49. The molecule has 0 aromatic heterocycles. The summed E-state index contributed by atoms with van der Waals surface area (Å²) in [4.78, 5) is 12.3. The monoisotopic (exact) mass is 363 g/mol. The van der Waals surface area contributed by atoms with E-state index in [1.807, 2.05) is 31.2 Å². The quantitative estimate of drug-likeness (QED) is 0.854. The number of carbonyl (C=O) groups is 1. The summed E-state index contributed by atoms with van der Waals surface area (Å²) in [6.45, 7) is 1.93. The van der Waals surface area contributed by atoms with Crippen molar-refractivity contribution < 1.29 is 14.6 Å². The van der Waals surface area contributed by atoms with Crippen LogP contribution in [0, 0.1) is 0 Å². The predicted molar refractivity (Wildman–Crippen MR) is 89.4 cm³/mol. The molecule has 0 bridgehead atoms. The van der Waals surface area contributed by atoms with Crippen molar-refractivity contribution >= 4 is 21.8 Å². The zero-order valence-electron chi connectivity index (χ0n) is 12.5. The molecule has 5 heteroatoms. The van der Waals surface area contributed by atoms with E-state index in [0.29, 0.717) is 6.42 Å².